The summed E-state index contributed by atoms with van der Waals surface area (Å²) in [4.78, 5) is 12.2. The fourth-order valence-electron chi connectivity index (χ4n) is 3.09. The molecule has 0 unspecified atom stereocenters. The topological polar surface area (TPSA) is 103 Å². The van der Waals surface area contributed by atoms with Crippen LogP contribution in [0.4, 0.5) is 0 Å². The Morgan fingerprint density at radius 3 is 2.61 bits per heavy atom. The molecule has 0 aliphatic carbocycles. The van der Waals surface area contributed by atoms with Crippen LogP contribution in [0.15, 0.2) is 29.4 Å². The summed E-state index contributed by atoms with van der Waals surface area (Å²) in [5.41, 5.74) is 0.912. The van der Waals surface area contributed by atoms with Gasteiger partial charge in [-0.05, 0) is 44.5 Å². The lowest BCUT2D eigenvalue weighted by Gasteiger charge is -2.14. The van der Waals surface area contributed by atoms with Gasteiger partial charge in [0.05, 0.1) is 24.4 Å². The quantitative estimate of drug-likeness (QED) is 0.677. The molecule has 1 saturated heterocycles. The fourth-order valence-corrected chi connectivity index (χ4v) is 5.64. The molecule has 1 aliphatic heterocycles. The van der Waals surface area contributed by atoms with Gasteiger partial charge in [-0.25, -0.2) is 8.42 Å². The molecule has 1 amide bonds. The summed E-state index contributed by atoms with van der Waals surface area (Å²) >= 11 is 1.29. The van der Waals surface area contributed by atoms with E-state index in [9.17, 15) is 13.2 Å². The van der Waals surface area contributed by atoms with Crippen LogP contribution in [-0.4, -0.2) is 59.5 Å². The average Bonchev–Trinajstić information content (AvgIpc) is 3.23. The van der Waals surface area contributed by atoms with Crippen molar-refractivity contribution >= 4 is 27.5 Å². The van der Waals surface area contributed by atoms with Crippen LogP contribution < -0.4 is 10.1 Å². The average molecular weight is 425 g/mol. The second kappa shape index (κ2) is 8.52. The molecule has 0 spiro atoms. The number of nitrogens with one attached hydrogen (secondary N) is 1. The number of sulfone groups is 1. The molecule has 8 nitrogen and oxygen atoms in total. The summed E-state index contributed by atoms with van der Waals surface area (Å²) in [6, 6.07) is 7.38. The Morgan fingerprint density at radius 1 is 1.32 bits per heavy atom. The zero-order valence-electron chi connectivity index (χ0n) is 16.1. The van der Waals surface area contributed by atoms with Gasteiger partial charge in [-0.15, -0.1) is 10.2 Å². The van der Waals surface area contributed by atoms with E-state index in [1.165, 1.54) is 11.8 Å². The van der Waals surface area contributed by atoms with Crippen LogP contribution in [0.1, 0.15) is 26.3 Å². The second-order valence-corrected chi connectivity index (χ2v) is 10.1. The smallest absolute Gasteiger partial charge is 0.230 e. The lowest BCUT2D eigenvalue weighted by atomic mass is 10.2. The molecule has 1 aromatic heterocycles. The second-order valence-electron chi connectivity index (χ2n) is 6.95. The summed E-state index contributed by atoms with van der Waals surface area (Å²) in [5, 5.41) is 12.0. The van der Waals surface area contributed by atoms with Crippen molar-refractivity contribution in [3.8, 4) is 17.1 Å². The number of carbonyl (C=O) groups is 1. The molecule has 1 fully saturated rings. The van der Waals surface area contributed by atoms with Crippen molar-refractivity contribution in [2.75, 3.05) is 24.4 Å². The third-order valence-electron chi connectivity index (χ3n) is 4.46. The van der Waals surface area contributed by atoms with Crippen LogP contribution in [-0.2, 0) is 14.6 Å². The zero-order chi connectivity index (χ0) is 20.3. The van der Waals surface area contributed by atoms with Crippen molar-refractivity contribution in [1.29, 1.82) is 0 Å². The fraction of sp³-hybridized carbons (Fsp3) is 0.500. The number of carbonyl (C=O) groups excluding carboxylic acids is 1. The third kappa shape index (κ3) is 4.85. The highest BCUT2D eigenvalue weighted by atomic mass is 32.2. The van der Waals surface area contributed by atoms with E-state index in [0.717, 1.165) is 17.1 Å². The molecule has 3 rings (SSSR count). The maximum Gasteiger partial charge on any atom is 0.230 e. The summed E-state index contributed by atoms with van der Waals surface area (Å²) < 4.78 is 30.2. The predicted molar refractivity (Wildman–Crippen MR) is 108 cm³/mol. The van der Waals surface area contributed by atoms with Gasteiger partial charge in [0.15, 0.2) is 20.8 Å². The van der Waals surface area contributed by atoms with Crippen molar-refractivity contribution in [3.63, 3.8) is 0 Å². The number of methoxy groups -OCH3 is 1. The molecule has 0 radical (unpaired) electrons. The first-order valence-corrected chi connectivity index (χ1v) is 11.8. The molecule has 0 bridgehead atoms. The normalized spacial score (nSPS) is 18.4. The van der Waals surface area contributed by atoms with Crippen molar-refractivity contribution in [2.24, 2.45) is 0 Å². The van der Waals surface area contributed by atoms with Gasteiger partial charge in [-0.1, -0.05) is 11.8 Å². The molecular weight excluding hydrogens is 400 g/mol. The third-order valence-corrected chi connectivity index (χ3v) is 7.17. The van der Waals surface area contributed by atoms with Crippen LogP contribution in [0.25, 0.3) is 11.4 Å². The highest BCUT2D eigenvalue weighted by molar-refractivity contribution is 7.99. The number of ether oxygens (including phenoxy) is 1. The number of nitrogens with zero attached hydrogens (tertiary/aromatic N) is 3. The monoisotopic (exact) mass is 424 g/mol. The molecule has 10 heteroatoms. The van der Waals surface area contributed by atoms with E-state index >= 15 is 0 Å². The minimum atomic E-state index is -3.02. The number of aromatic nitrogens is 3. The number of rotatable bonds is 7. The van der Waals surface area contributed by atoms with E-state index in [0.29, 0.717) is 11.6 Å². The number of thioether (sulfide) groups is 1. The molecule has 2 aromatic rings. The van der Waals surface area contributed by atoms with E-state index in [-0.39, 0.29) is 35.2 Å². The van der Waals surface area contributed by atoms with Gasteiger partial charge in [0.25, 0.3) is 0 Å². The minimum absolute atomic E-state index is 0.0210. The molecule has 28 heavy (non-hydrogen) atoms. The van der Waals surface area contributed by atoms with Gasteiger partial charge in [-0.3, -0.25) is 9.36 Å². The molecule has 0 saturated carbocycles. The Balaban J connectivity index is 1.68. The van der Waals surface area contributed by atoms with E-state index in [2.05, 4.69) is 15.5 Å². The predicted octanol–water partition coefficient (Wildman–Crippen LogP) is 1.93. The van der Waals surface area contributed by atoms with Crippen LogP contribution >= 0.6 is 11.8 Å². The van der Waals surface area contributed by atoms with Gasteiger partial charge >= 0.3 is 0 Å². The van der Waals surface area contributed by atoms with Gasteiger partial charge < -0.3 is 10.1 Å². The molecule has 152 valence electrons. The maximum absolute atomic E-state index is 12.2. The zero-order valence-corrected chi connectivity index (χ0v) is 17.7. The number of amides is 1. The summed E-state index contributed by atoms with van der Waals surface area (Å²) in [6.45, 7) is 4.06. The van der Waals surface area contributed by atoms with Crippen LogP contribution in [0.5, 0.6) is 5.75 Å². The van der Waals surface area contributed by atoms with E-state index in [1.807, 2.05) is 42.7 Å². The molecule has 1 atom stereocenters. The number of benzene rings is 1. The summed E-state index contributed by atoms with van der Waals surface area (Å²) in [5.74, 6) is 1.60. The van der Waals surface area contributed by atoms with Crippen molar-refractivity contribution in [2.45, 2.75) is 37.5 Å². The van der Waals surface area contributed by atoms with Crippen LogP contribution in [0, 0.1) is 0 Å². The SMILES string of the molecule is COc1ccc(-c2nnc(SCC(=O)N[C@@H]3CCS(=O)(=O)C3)n2C(C)C)cc1. The first-order valence-electron chi connectivity index (χ1n) is 9.01. The molecule has 1 aromatic carbocycles. The summed E-state index contributed by atoms with van der Waals surface area (Å²) in [7, 11) is -1.40. The van der Waals surface area contributed by atoms with Gasteiger partial charge in [0.2, 0.25) is 5.91 Å². The van der Waals surface area contributed by atoms with Crippen molar-refractivity contribution in [3.05, 3.63) is 24.3 Å². The Hall–Kier alpha value is -2.07. The van der Waals surface area contributed by atoms with Crippen molar-refractivity contribution in [1.82, 2.24) is 20.1 Å². The number of hydrogen-bond acceptors (Lipinski definition) is 7. The Kier molecular flexibility index (Phi) is 6.29. The first kappa shape index (κ1) is 20.7. The minimum Gasteiger partial charge on any atom is -0.497 e. The summed E-state index contributed by atoms with van der Waals surface area (Å²) in [6.07, 6.45) is 0.475. The lowest BCUT2D eigenvalue weighted by molar-refractivity contribution is -0.119. The molecule has 2 heterocycles. The molecular formula is C18H24N4O4S2. The first-order chi connectivity index (χ1) is 13.3. The van der Waals surface area contributed by atoms with Gasteiger partial charge in [0.1, 0.15) is 5.75 Å². The molecule has 1 aliphatic rings. The van der Waals surface area contributed by atoms with Gasteiger partial charge in [0, 0.05) is 17.6 Å². The maximum atomic E-state index is 12.2. The Labute approximate surface area is 169 Å². The van der Waals surface area contributed by atoms with E-state index in [1.54, 1.807) is 7.11 Å². The highest BCUT2D eigenvalue weighted by Crippen LogP contribution is 2.28. The lowest BCUT2D eigenvalue weighted by Crippen LogP contribution is -2.36. The van der Waals surface area contributed by atoms with Gasteiger partial charge in [-0.2, -0.15) is 0 Å². The largest absolute Gasteiger partial charge is 0.497 e. The van der Waals surface area contributed by atoms with E-state index in [4.69, 9.17) is 4.74 Å². The van der Waals surface area contributed by atoms with Crippen LogP contribution in [0.3, 0.4) is 0 Å². The highest BCUT2D eigenvalue weighted by Gasteiger charge is 2.29. The number of hydrogen-bond donors (Lipinski definition) is 1. The standard InChI is InChI=1S/C18H24N4O4S2/c1-12(2)22-17(13-4-6-15(26-3)7-5-13)20-21-18(22)27-10-16(23)19-14-8-9-28(24,25)11-14/h4-7,12,14H,8-11H2,1-3H3,(H,19,23)/t14-/m1/s1. The Bertz CT molecular complexity index is 939. The Morgan fingerprint density at radius 2 is 2.04 bits per heavy atom. The van der Waals surface area contributed by atoms with E-state index < -0.39 is 9.84 Å². The van der Waals surface area contributed by atoms with Crippen LogP contribution in [0.2, 0.25) is 0 Å². The van der Waals surface area contributed by atoms with Crippen molar-refractivity contribution < 1.29 is 17.9 Å². The molecule has 1 N–H and O–H groups in total.